The average molecular weight is 331 g/mol. The number of aliphatic hydroxyl groups is 1. The topological polar surface area (TPSA) is 37.3 Å². The van der Waals surface area contributed by atoms with Gasteiger partial charge in [0.1, 0.15) is 0 Å². The Hall–Kier alpha value is -1.12. The third kappa shape index (κ3) is 2.15. The van der Waals surface area contributed by atoms with Gasteiger partial charge < -0.3 is 5.11 Å². The van der Waals surface area contributed by atoms with Gasteiger partial charge in [-0.2, -0.15) is 0 Å². The molecule has 2 nitrogen and oxygen atoms in total. The van der Waals surface area contributed by atoms with E-state index in [-0.39, 0.29) is 11.2 Å². The summed E-state index contributed by atoms with van der Waals surface area (Å²) in [4.78, 5) is 11.8. The number of allylic oxidation sites excluding steroid dienone is 6. The summed E-state index contributed by atoms with van der Waals surface area (Å²) in [5, 5.41) is 11.2. The highest BCUT2D eigenvalue weighted by molar-refractivity contribution is 6.30. The van der Waals surface area contributed by atoms with Crippen LogP contribution >= 0.6 is 11.6 Å². The molecule has 3 heteroatoms. The number of rotatable bonds is 0. The van der Waals surface area contributed by atoms with E-state index in [0.29, 0.717) is 29.2 Å². The highest BCUT2D eigenvalue weighted by Gasteiger charge is 2.51. The highest BCUT2D eigenvalue weighted by atomic mass is 35.5. The molecule has 0 unspecified atom stereocenters. The SMILES string of the molecule is C[C@@H]1CC2=CC(=O)CCC2=C2C=C[C@]3(C)[C@@H](O)C(Cl)=CC[C@H]3[C@@H]21. The molecule has 0 aliphatic heterocycles. The van der Waals surface area contributed by atoms with E-state index in [1.807, 2.05) is 12.2 Å². The van der Waals surface area contributed by atoms with Gasteiger partial charge in [-0.3, -0.25) is 4.79 Å². The largest absolute Gasteiger partial charge is 0.387 e. The van der Waals surface area contributed by atoms with Crippen LogP contribution in [-0.2, 0) is 4.79 Å². The normalized spacial score (nSPS) is 42.5. The van der Waals surface area contributed by atoms with Gasteiger partial charge in [-0.15, -0.1) is 0 Å². The monoisotopic (exact) mass is 330 g/mol. The van der Waals surface area contributed by atoms with E-state index in [1.165, 1.54) is 16.7 Å². The quantitative estimate of drug-likeness (QED) is 0.718. The van der Waals surface area contributed by atoms with E-state index < -0.39 is 6.10 Å². The van der Waals surface area contributed by atoms with Crippen molar-refractivity contribution in [1.29, 1.82) is 0 Å². The molecular weight excluding hydrogens is 308 g/mol. The van der Waals surface area contributed by atoms with Crippen LogP contribution in [0.5, 0.6) is 0 Å². The third-order valence-electron chi connectivity index (χ3n) is 6.48. The summed E-state index contributed by atoms with van der Waals surface area (Å²) in [6.07, 6.45) is 11.0. The van der Waals surface area contributed by atoms with Gasteiger partial charge in [-0.25, -0.2) is 0 Å². The molecule has 4 aliphatic carbocycles. The first-order valence-electron chi connectivity index (χ1n) is 8.61. The van der Waals surface area contributed by atoms with Gasteiger partial charge in [0.25, 0.3) is 0 Å². The lowest BCUT2D eigenvalue weighted by atomic mass is 9.53. The molecule has 0 aromatic heterocycles. The summed E-state index contributed by atoms with van der Waals surface area (Å²) in [5.74, 6) is 1.57. The van der Waals surface area contributed by atoms with Crippen molar-refractivity contribution in [2.75, 3.05) is 0 Å². The molecule has 0 fully saturated rings. The number of carbonyl (C=O) groups is 1. The second kappa shape index (κ2) is 5.19. The van der Waals surface area contributed by atoms with Gasteiger partial charge in [0.05, 0.1) is 6.10 Å². The lowest BCUT2D eigenvalue weighted by Gasteiger charge is -2.52. The van der Waals surface area contributed by atoms with Crippen LogP contribution in [0.1, 0.15) is 39.5 Å². The predicted molar refractivity (Wildman–Crippen MR) is 91.9 cm³/mol. The number of fused-ring (bicyclic) bond motifs is 4. The first-order valence-corrected chi connectivity index (χ1v) is 8.99. The second-order valence-corrected chi connectivity index (χ2v) is 8.25. The summed E-state index contributed by atoms with van der Waals surface area (Å²) in [6.45, 7) is 4.42. The molecule has 0 aromatic rings. The molecule has 4 aliphatic rings. The summed E-state index contributed by atoms with van der Waals surface area (Å²) in [5.41, 5.74) is 3.75. The van der Waals surface area contributed by atoms with Gasteiger partial charge in [0, 0.05) is 16.9 Å². The first kappa shape index (κ1) is 15.4. The van der Waals surface area contributed by atoms with Crippen molar-refractivity contribution < 1.29 is 9.90 Å². The van der Waals surface area contributed by atoms with E-state index >= 15 is 0 Å². The Morgan fingerprint density at radius 2 is 2.13 bits per heavy atom. The molecule has 1 N–H and O–H groups in total. The van der Waals surface area contributed by atoms with Crippen LogP contribution in [0.25, 0.3) is 0 Å². The number of carbonyl (C=O) groups excluding carboxylic acids is 1. The molecule has 0 amide bonds. The zero-order chi connectivity index (χ0) is 16.4. The summed E-state index contributed by atoms with van der Waals surface area (Å²) in [6, 6.07) is 0. The number of aliphatic hydroxyl groups excluding tert-OH is 1. The lowest BCUT2D eigenvalue weighted by Crippen LogP contribution is -2.48. The van der Waals surface area contributed by atoms with Crippen molar-refractivity contribution in [1.82, 2.24) is 0 Å². The highest BCUT2D eigenvalue weighted by Crippen LogP contribution is 2.57. The summed E-state index contributed by atoms with van der Waals surface area (Å²) < 4.78 is 0. The molecule has 0 saturated carbocycles. The van der Waals surface area contributed by atoms with Gasteiger partial charge in [-0.1, -0.05) is 43.7 Å². The van der Waals surface area contributed by atoms with Crippen LogP contribution in [0, 0.1) is 23.2 Å². The zero-order valence-corrected chi connectivity index (χ0v) is 14.4. The lowest BCUT2D eigenvalue weighted by molar-refractivity contribution is -0.114. The number of hydrogen-bond donors (Lipinski definition) is 1. The van der Waals surface area contributed by atoms with Crippen molar-refractivity contribution in [3.05, 3.63) is 46.1 Å². The van der Waals surface area contributed by atoms with E-state index in [1.54, 1.807) is 0 Å². The Morgan fingerprint density at radius 1 is 1.35 bits per heavy atom. The molecule has 0 aromatic carbocycles. The number of ketones is 1. The minimum Gasteiger partial charge on any atom is -0.387 e. The molecule has 0 heterocycles. The molecule has 0 bridgehead atoms. The fourth-order valence-electron chi connectivity index (χ4n) is 5.20. The van der Waals surface area contributed by atoms with Crippen molar-refractivity contribution >= 4 is 17.4 Å². The maximum absolute atomic E-state index is 11.8. The van der Waals surface area contributed by atoms with E-state index in [9.17, 15) is 9.90 Å². The molecule has 4 rings (SSSR count). The van der Waals surface area contributed by atoms with E-state index in [0.717, 1.165) is 19.3 Å². The molecule has 0 saturated heterocycles. The Kier molecular flexibility index (Phi) is 3.48. The fraction of sp³-hybridized carbons (Fsp3) is 0.550. The van der Waals surface area contributed by atoms with E-state index in [4.69, 9.17) is 11.6 Å². The Morgan fingerprint density at radius 3 is 2.91 bits per heavy atom. The predicted octanol–water partition coefficient (Wildman–Crippen LogP) is 4.31. The van der Waals surface area contributed by atoms with Crippen molar-refractivity contribution in [2.45, 2.75) is 45.6 Å². The maximum atomic E-state index is 11.8. The zero-order valence-electron chi connectivity index (χ0n) is 13.7. The second-order valence-electron chi connectivity index (χ2n) is 7.81. The third-order valence-corrected chi connectivity index (χ3v) is 6.84. The molecule has 23 heavy (non-hydrogen) atoms. The van der Waals surface area contributed by atoms with E-state index in [2.05, 4.69) is 26.0 Å². The van der Waals surface area contributed by atoms with Crippen LogP contribution in [0.15, 0.2) is 46.1 Å². The molecular formula is C20H23ClO2. The maximum Gasteiger partial charge on any atom is 0.156 e. The smallest absolute Gasteiger partial charge is 0.156 e. The minimum absolute atomic E-state index is 0.266. The van der Waals surface area contributed by atoms with Crippen LogP contribution in [-0.4, -0.2) is 17.0 Å². The van der Waals surface area contributed by atoms with Gasteiger partial charge >= 0.3 is 0 Å². The molecule has 0 radical (unpaired) electrons. The summed E-state index contributed by atoms with van der Waals surface area (Å²) >= 11 is 6.23. The van der Waals surface area contributed by atoms with Gasteiger partial charge in [0.2, 0.25) is 0 Å². The van der Waals surface area contributed by atoms with Crippen LogP contribution in [0.3, 0.4) is 0 Å². The minimum atomic E-state index is -0.609. The number of hydrogen-bond acceptors (Lipinski definition) is 2. The average Bonchev–Trinajstić information content (AvgIpc) is 2.51. The van der Waals surface area contributed by atoms with Gasteiger partial charge in [0.15, 0.2) is 5.78 Å². The van der Waals surface area contributed by atoms with Crippen molar-refractivity contribution in [2.24, 2.45) is 23.2 Å². The molecule has 5 atom stereocenters. The summed E-state index contributed by atoms with van der Waals surface area (Å²) in [7, 11) is 0. The number of halogens is 1. The van der Waals surface area contributed by atoms with Crippen LogP contribution in [0.4, 0.5) is 0 Å². The first-order chi connectivity index (χ1) is 10.9. The Bertz CT molecular complexity index is 696. The van der Waals surface area contributed by atoms with Gasteiger partial charge in [-0.05, 0) is 59.8 Å². The molecule has 122 valence electrons. The van der Waals surface area contributed by atoms with Crippen molar-refractivity contribution in [3.63, 3.8) is 0 Å². The standard InChI is InChI=1S/C20H23ClO2/c1-11-9-12-10-13(22)3-4-14(12)15-7-8-20(2)16(18(11)15)5-6-17(21)19(20)23/h6-8,10-11,16,18-19,23H,3-5,9H2,1-2H3/t11-,16+,18-,19+,20+/m1/s1. The fourth-order valence-corrected chi connectivity index (χ4v) is 5.53. The van der Waals surface area contributed by atoms with Crippen molar-refractivity contribution in [3.8, 4) is 0 Å². The van der Waals surface area contributed by atoms with Crippen LogP contribution < -0.4 is 0 Å². The Labute approximate surface area is 142 Å². The van der Waals surface area contributed by atoms with Crippen LogP contribution in [0.2, 0.25) is 0 Å². The Balaban J connectivity index is 1.85. The molecule has 0 spiro atoms.